The molecule has 27 heavy (non-hydrogen) atoms. The Kier molecular flexibility index (Phi) is 4.55. The molecule has 2 N–H and O–H groups in total. The minimum atomic E-state index is 0.520. The average Bonchev–Trinajstić information content (AvgIpc) is 3.07. The normalized spacial score (nSPS) is 10.9. The first-order chi connectivity index (χ1) is 13.1. The third kappa shape index (κ3) is 3.65. The Balaban J connectivity index is 1.61. The van der Waals surface area contributed by atoms with Crippen molar-refractivity contribution in [2.45, 2.75) is 27.4 Å². The fraction of sp³-hybridized carbons (Fsp3) is 0.174. The highest BCUT2D eigenvalue weighted by atomic mass is 16.5. The van der Waals surface area contributed by atoms with E-state index in [2.05, 4.69) is 55.3 Å². The van der Waals surface area contributed by atoms with E-state index in [0.717, 1.165) is 34.0 Å². The van der Waals surface area contributed by atoms with Crippen LogP contribution >= 0.6 is 0 Å². The number of hydrogen-bond donors (Lipinski definition) is 2. The molecule has 0 spiro atoms. The smallest absolute Gasteiger partial charge is 0.205 e. The highest BCUT2D eigenvalue weighted by molar-refractivity contribution is 5.84. The lowest BCUT2D eigenvalue weighted by atomic mass is 10.1. The van der Waals surface area contributed by atoms with Gasteiger partial charge in [0.25, 0.3) is 0 Å². The van der Waals surface area contributed by atoms with Gasteiger partial charge in [-0.1, -0.05) is 54.1 Å². The van der Waals surface area contributed by atoms with Crippen LogP contribution in [-0.4, -0.2) is 9.97 Å². The van der Waals surface area contributed by atoms with Crippen LogP contribution in [0, 0.1) is 20.8 Å². The van der Waals surface area contributed by atoms with Crippen molar-refractivity contribution in [3.05, 3.63) is 82.9 Å². The van der Waals surface area contributed by atoms with Crippen molar-refractivity contribution in [1.29, 1.82) is 0 Å². The summed E-state index contributed by atoms with van der Waals surface area (Å²) >= 11 is 0. The van der Waals surface area contributed by atoms with Gasteiger partial charge in [-0.2, -0.15) is 0 Å². The van der Waals surface area contributed by atoms with Crippen molar-refractivity contribution >= 4 is 22.7 Å². The number of H-pyrrole nitrogens is 1. The molecule has 3 aromatic carbocycles. The van der Waals surface area contributed by atoms with Gasteiger partial charge in [0, 0.05) is 5.69 Å². The first kappa shape index (κ1) is 17.2. The number of imidazole rings is 1. The van der Waals surface area contributed by atoms with Crippen molar-refractivity contribution in [3.8, 4) is 5.75 Å². The second-order valence-corrected chi connectivity index (χ2v) is 6.91. The zero-order valence-electron chi connectivity index (χ0n) is 15.8. The van der Waals surface area contributed by atoms with E-state index < -0.39 is 0 Å². The van der Waals surface area contributed by atoms with E-state index in [9.17, 15) is 0 Å². The number of benzene rings is 3. The van der Waals surface area contributed by atoms with Crippen molar-refractivity contribution in [1.82, 2.24) is 9.97 Å². The van der Waals surface area contributed by atoms with Crippen LogP contribution in [0.5, 0.6) is 5.75 Å². The molecule has 0 saturated carbocycles. The number of aryl methyl sites for hydroxylation is 3. The maximum atomic E-state index is 6.02. The van der Waals surface area contributed by atoms with E-state index in [-0.39, 0.29) is 0 Å². The fourth-order valence-corrected chi connectivity index (χ4v) is 3.41. The number of nitrogens with zero attached hydrogens (tertiary/aromatic N) is 1. The summed E-state index contributed by atoms with van der Waals surface area (Å²) in [5.41, 5.74) is 7.67. The average molecular weight is 357 g/mol. The van der Waals surface area contributed by atoms with Gasteiger partial charge in [0.15, 0.2) is 0 Å². The Bertz CT molecular complexity index is 1060. The number of rotatable bonds is 5. The molecule has 1 heterocycles. The van der Waals surface area contributed by atoms with Crippen molar-refractivity contribution in [2.24, 2.45) is 0 Å². The van der Waals surface area contributed by atoms with Crippen LogP contribution in [-0.2, 0) is 6.61 Å². The third-order valence-corrected chi connectivity index (χ3v) is 4.63. The summed E-state index contributed by atoms with van der Waals surface area (Å²) < 4.78 is 6.02. The van der Waals surface area contributed by atoms with Crippen LogP contribution in [0.2, 0.25) is 0 Å². The second-order valence-electron chi connectivity index (χ2n) is 6.91. The Labute approximate surface area is 159 Å². The molecule has 0 radical (unpaired) electrons. The maximum absolute atomic E-state index is 6.02. The van der Waals surface area contributed by atoms with Gasteiger partial charge in [0.05, 0.1) is 5.52 Å². The van der Waals surface area contributed by atoms with E-state index in [1.165, 1.54) is 16.7 Å². The minimum Gasteiger partial charge on any atom is -0.487 e. The van der Waals surface area contributed by atoms with Crippen LogP contribution in [0.4, 0.5) is 11.6 Å². The van der Waals surface area contributed by atoms with E-state index in [4.69, 9.17) is 9.72 Å². The molecular formula is C23H23N3O. The number of para-hydroxylation sites is 1. The first-order valence-corrected chi connectivity index (χ1v) is 9.10. The SMILES string of the molecule is Cc1cc(C)c(Nc2nc3c(OCc4ccccc4)cccc3[nH]2)c(C)c1. The standard InChI is InChI=1S/C23H23N3O/c1-15-12-16(2)21(17(3)13-15)25-23-24-19-10-7-11-20(22(19)26-23)27-14-18-8-5-4-6-9-18/h4-13H,14H2,1-3H3,(H2,24,25,26). The quantitative estimate of drug-likeness (QED) is 0.474. The van der Waals surface area contributed by atoms with Gasteiger partial charge < -0.3 is 15.0 Å². The van der Waals surface area contributed by atoms with Crippen LogP contribution in [0.15, 0.2) is 60.7 Å². The van der Waals surface area contributed by atoms with Crippen LogP contribution in [0.1, 0.15) is 22.3 Å². The second kappa shape index (κ2) is 7.16. The number of ether oxygens (including phenoxy) is 1. The molecule has 0 fully saturated rings. The lowest BCUT2D eigenvalue weighted by Crippen LogP contribution is -1.98. The van der Waals surface area contributed by atoms with Gasteiger partial charge >= 0.3 is 0 Å². The van der Waals surface area contributed by atoms with E-state index >= 15 is 0 Å². The molecule has 0 amide bonds. The molecule has 4 rings (SSSR count). The van der Waals surface area contributed by atoms with Gasteiger partial charge in [0.2, 0.25) is 5.95 Å². The number of anilines is 2. The van der Waals surface area contributed by atoms with Gasteiger partial charge in [0.1, 0.15) is 17.9 Å². The number of aromatic amines is 1. The third-order valence-electron chi connectivity index (χ3n) is 4.63. The predicted octanol–water partition coefficient (Wildman–Crippen LogP) is 5.81. The predicted molar refractivity (Wildman–Crippen MR) is 111 cm³/mol. The lowest BCUT2D eigenvalue weighted by molar-refractivity contribution is 0.309. The maximum Gasteiger partial charge on any atom is 0.205 e. The van der Waals surface area contributed by atoms with E-state index in [0.29, 0.717) is 6.61 Å². The molecule has 0 bridgehead atoms. The highest BCUT2D eigenvalue weighted by Gasteiger charge is 2.11. The van der Waals surface area contributed by atoms with Gasteiger partial charge in [-0.25, -0.2) is 4.98 Å². The van der Waals surface area contributed by atoms with Crippen LogP contribution < -0.4 is 10.1 Å². The lowest BCUT2D eigenvalue weighted by Gasteiger charge is -2.11. The topological polar surface area (TPSA) is 49.9 Å². The molecule has 1 aromatic heterocycles. The van der Waals surface area contributed by atoms with Crippen molar-refractivity contribution in [2.75, 3.05) is 5.32 Å². The number of aromatic nitrogens is 2. The Morgan fingerprint density at radius 2 is 1.67 bits per heavy atom. The Hall–Kier alpha value is -3.27. The Morgan fingerprint density at radius 1 is 0.926 bits per heavy atom. The minimum absolute atomic E-state index is 0.520. The zero-order valence-corrected chi connectivity index (χ0v) is 15.8. The summed E-state index contributed by atoms with van der Waals surface area (Å²) in [5, 5.41) is 3.44. The van der Waals surface area contributed by atoms with Gasteiger partial charge in [-0.05, 0) is 49.6 Å². The van der Waals surface area contributed by atoms with Crippen molar-refractivity contribution in [3.63, 3.8) is 0 Å². The monoisotopic (exact) mass is 357 g/mol. The van der Waals surface area contributed by atoms with Crippen LogP contribution in [0.25, 0.3) is 11.0 Å². The highest BCUT2D eigenvalue weighted by Crippen LogP contribution is 2.29. The van der Waals surface area contributed by atoms with E-state index in [1.54, 1.807) is 0 Å². The summed E-state index contributed by atoms with van der Waals surface area (Å²) in [6.07, 6.45) is 0. The molecule has 0 aliphatic heterocycles. The molecule has 0 saturated heterocycles. The zero-order chi connectivity index (χ0) is 18.8. The van der Waals surface area contributed by atoms with E-state index in [1.807, 2.05) is 36.4 Å². The largest absolute Gasteiger partial charge is 0.487 e. The first-order valence-electron chi connectivity index (χ1n) is 9.10. The molecule has 0 unspecified atom stereocenters. The van der Waals surface area contributed by atoms with Crippen molar-refractivity contribution < 1.29 is 4.74 Å². The summed E-state index contributed by atoms with van der Waals surface area (Å²) in [7, 11) is 0. The summed E-state index contributed by atoms with van der Waals surface area (Å²) in [6.45, 7) is 6.85. The molecule has 136 valence electrons. The summed E-state index contributed by atoms with van der Waals surface area (Å²) in [6, 6.07) is 20.4. The summed E-state index contributed by atoms with van der Waals surface area (Å²) in [5.74, 6) is 1.49. The number of nitrogens with one attached hydrogen (secondary N) is 2. The molecule has 4 aromatic rings. The van der Waals surface area contributed by atoms with Gasteiger partial charge in [-0.15, -0.1) is 0 Å². The Morgan fingerprint density at radius 3 is 2.41 bits per heavy atom. The summed E-state index contributed by atoms with van der Waals surface area (Å²) in [4.78, 5) is 8.08. The molecule has 0 atom stereocenters. The molecule has 0 aliphatic carbocycles. The molecule has 4 heteroatoms. The molecular weight excluding hydrogens is 334 g/mol. The number of fused-ring (bicyclic) bond motifs is 1. The van der Waals surface area contributed by atoms with Gasteiger partial charge in [-0.3, -0.25) is 0 Å². The molecule has 4 nitrogen and oxygen atoms in total. The molecule has 0 aliphatic rings. The fourth-order valence-electron chi connectivity index (χ4n) is 3.41. The number of hydrogen-bond acceptors (Lipinski definition) is 3. The van der Waals surface area contributed by atoms with Crippen LogP contribution in [0.3, 0.4) is 0 Å².